The number of fused-ring (bicyclic) bond motifs is 1. The first-order chi connectivity index (χ1) is 14.2. The minimum Gasteiger partial charge on any atom is -0.444 e. The number of aromatic nitrogens is 1. The van der Waals surface area contributed by atoms with Crippen molar-refractivity contribution < 1.29 is 14.3 Å². The van der Waals surface area contributed by atoms with Gasteiger partial charge in [0.2, 0.25) is 0 Å². The highest BCUT2D eigenvalue weighted by molar-refractivity contribution is 6.30. The van der Waals surface area contributed by atoms with Gasteiger partial charge in [0, 0.05) is 17.9 Å². The number of carbonyl (C=O) groups is 2. The summed E-state index contributed by atoms with van der Waals surface area (Å²) in [6.07, 6.45) is 3.54. The fourth-order valence-corrected chi connectivity index (χ4v) is 3.40. The third-order valence-electron chi connectivity index (χ3n) is 4.63. The first-order valence-electron chi connectivity index (χ1n) is 9.94. The van der Waals surface area contributed by atoms with Crippen molar-refractivity contribution in [3.05, 3.63) is 58.4 Å². The quantitative estimate of drug-likeness (QED) is 0.668. The summed E-state index contributed by atoms with van der Waals surface area (Å²) < 4.78 is 5.34. The second kappa shape index (κ2) is 9.34. The number of carbonyl (C=O) groups excluding carboxylic acids is 2. The van der Waals surface area contributed by atoms with E-state index < -0.39 is 5.60 Å². The van der Waals surface area contributed by atoms with Crippen LogP contribution in [0.1, 0.15) is 44.0 Å². The number of urea groups is 1. The Morgan fingerprint density at radius 2 is 2.00 bits per heavy atom. The van der Waals surface area contributed by atoms with E-state index in [1.54, 1.807) is 18.3 Å². The number of hydrogen-bond acceptors (Lipinski definition) is 4. The fourth-order valence-electron chi connectivity index (χ4n) is 3.29. The summed E-state index contributed by atoms with van der Waals surface area (Å²) in [5.41, 5.74) is 3.28. The van der Waals surface area contributed by atoms with E-state index in [9.17, 15) is 9.59 Å². The number of nitrogens with one attached hydrogen (secondary N) is 3. The largest absolute Gasteiger partial charge is 0.444 e. The number of aryl methyl sites for hydroxylation is 1. The number of pyridine rings is 1. The Morgan fingerprint density at radius 3 is 2.70 bits per heavy atom. The molecule has 8 heteroatoms. The Hall–Kier alpha value is -2.80. The third kappa shape index (κ3) is 6.62. The van der Waals surface area contributed by atoms with Crippen molar-refractivity contribution in [2.45, 2.75) is 58.2 Å². The molecule has 3 amide bonds. The summed E-state index contributed by atoms with van der Waals surface area (Å²) in [5.74, 6) is 0. The smallest absolute Gasteiger partial charge is 0.407 e. The predicted octanol–water partition coefficient (Wildman–Crippen LogP) is 4.44. The molecule has 1 aromatic heterocycles. The molecule has 3 rings (SSSR count). The van der Waals surface area contributed by atoms with E-state index in [0.29, 0.717) is 11.6 Å². The predicted molar refractivity (Wildman–Crippen MR) is 117 cm³/mol. The van der Waals surface area contributed by atoms with E-state index in [0.717, 1.165) is 30.6 Å². The van der Waals surface area contributed by atoms with Crippen molar-refractivity contribution in [1.82, 2.24) is 15.6 Å². The molecule has 3 N–H and O–H groups in total. The minimum absolute atomic E-state index is 0.0429. The highest BCUT2D eigenvalue weighted by Crippen LogP contribution is 2.25. The van der Waals surface area contributed by atoms with E-state index in [1.807, 2.05) is 39.0 Å². The van der Waals surface area contributed by atoms with Gasteiger partial charge < -0.3 is 20.7 Å². The average molecular weight is 431 g/mol. The van der Waals surface area contributed by atoms with Crippen LogP contribution in [0, 0.1) is 0 Å². The monoisotopic (exact) mass is 430 g/mol. The zero-order chi connectivity index (χ0) is 21.7. The molecule has 1 aliphatic carbocycles. The highest BCUT2D eigenvalue weighted by Gasteiger charge is 2.23. The molecule has 0 radical (unpaired) electrons. The number of anilines is 1. The molecule has 1 heterocycles. The summed E-state index contributed by atoms with van der Waals surface area (Å²) in [7, 11) is 0. The van der Waals surface area contributed by atoms with Gasteiger partial charge in [-0.25, -0.2) is 9.59 Å². The molecule has 1 aromatic carbocycles. The van der Waals surface area contributed by atoms with Crippen LogP contribution in [-0.2, 0) is 24.1 Å². The summed E-state index contributed by atoms with van der Waals surface area (Å²) >= 11 is 5.81. The Labute approximate surface area is 181 Å². The van der Waals surface area contributed by atoms with Crippen molar-refractivity contribution >= 4 is 29.4 Å². The molecule has 0 fully saturated rings. The molecule has 0 saturated carbocycles. The van der Waals surface area contributed by atoms with Gasteiger partial charge in [-0.2, -0.15) is 0 Å². The summed E-state index contributed by atoms with van der Waals surface area (Å²) in [4.78, 5) is 28.3. The standard InChI is InChI=1S/C22H27ClN4O3/c1-22(2,3)30-21(29)27-18-8-5-14-10-17(7-4-15(14)11-18)26-20(28)25-13-19-9-6-16(23)12-24-19/h4,6-7,9-10,12,18H,5,8,11,13H2,1-3H3,(H,27,29)(H2,25,26,28). The maximum atomic E-state index is 12.2. The number of benzene rings is 1. The minimum atomic E-state index is -0.512. The van der Waals surface area contributed by atoms with Crippen molar-refractivity contribution in [2.75, 3.05) is 5.32 Å². The van der Waals surface area contributed by atoms with Gasteiger partial charge in [0.05, 0.1) is 17.3 Å². The first-order valence-corrected chi connectivity index (χ1v) is 10.3. The Bertz CT molecular complexity index is 910. The Morgan fingerprint density at radius 1 is 1.20 bits per heavy atom. The lowest BCUT2D eigenvalue weighted by Gasteiger charge is -2.27. The molecule has 0 bridgehead atoms. The molecular weight excluding hydrogens is 404 g/mol. The number of halogens is 1. The van der Waals surface area contributed by atoms with Gasteiger partial charge in [0.15, 0.2) is 0 Å². The summed E-state index contributed by atoms with van der Waals surface area (Å²) in [5, 5.41) is 9.13. The van der Waals surface area contributed by atoms with Gasteiger partial charge in [-0.15, -0.1) is 0 Å². The lowest BCUT2D eigenvalue weighted by molar-refractivity contribution is 0.0500. The molecule has 1 atom stereocenters. The van der Waals surface area contributed by atoms with Crippen LogP contribution in [0.2, 0.25) is 5.02 Å². The van der Waals surface area contributed by atoms with Crippen molar-refractivity contribution in [3.63, 3.8) is 0 Å². The number of alkyl carbamates (subject to hydrolysis) is 1. The molecule has 0 saturated heterocycles. The maximum absolute atomic E-state index is 12.2. The normalized spacial score (nSPS) is 15.7. The molecule has 2 aromatic rings. The number of rotatable bonds is 4. The van der Waals surface area contributed by atoms with Gasteiger partial charge in [-0.3, -0.25) is 4.98 Å². The maximum Gasteiger partial charge on any atom is 0.407 e. The third-order valence-corrected chi connectivity index (χ3v) is 4.86. The zero-order valence-corrected chi connectivity index (χ0v) is 18.2. The van der Waals surface area contributed by atoms with Gasteiger partial charge in [0.1, 0.15) is 5.60 Å². The van der Waals surface area contributed by atoms with Crippen LogP contribution in [0.15, 0.2) is 36.5 Å². The summed E-state index contributed by atoms with van der Waals surface area (Å²) in [6.45, 7) is 5.85. The molecule has 0 spiro atoms. The average Bonchev–Trinajstić information content (AvgIpc) is 2.66. The van der Waals surface area contributed by atoms with Crippen molar-refractivity contribution in [1.29, 1.82) is 0 Å². The molecule has 160 valence electrons. The van der Waals surface area contributed by atoms with Gasteiger partial charge >= 0.3 is 12.1 Å². The van der Waals surface area contributed by atoms with E-state index in [4.69, 9.17) is 16.3 Å². The SMILES string of the molecule is CC(C)(C)OC(=O)NC1CCc2cc(NC(=O)NCc3ccc(Cl)cn3)ccc2C1. The lowest BCUT2D eigenvalue weighted by atomic mass is 9.88. The van der Waals surface area contributed by atoms with Crippen LogP contribution in [0.4, 0.5) is 15.3 Å². The molecule has 1 unspecified atom stereocenters. The first kappa shape index (κ1) is 21.9. The van der Waals surface area contributed by atoms with Gasteiger partial charge in [-0.1, -0.05) is 17.7 Å². The fraction of sp³-hybridized carbons (Fsp3) is 0.409. The van der Waals surface area contributed by atoms with Crippen LogP contribution < -0.4 is 16.0 Å². The highest BCUT2D eigenvalue weighted by atomic mass is 35.5. The van der Waals surface area contributed by atoms with Crippen molar-refractivity contribution in [2.24, 2.45) is 0 Å². The molecule has 30 heavy (non-hydrogen) atoms. The second-order valence-electron chi connectivity index (χ2n) is 8.34. The number of hydrogen-bond donors (Lipinski definition) is 3. The number of nitrogens with zero attached hydrogens (tertiary/aromatic N) is 1. The lowest BCUT2D eigenvalue weighted by Crippen LogP contribution is -2.41. The van der Waals surface area contributed by atoms with Crippen LogP contribution >= 0.6 is 11.6 Å². The van der Waals surface area contributed by atoms with Crippen LogP contribution in [0.25, 0.3) is 0 Å². The van der Waals surface area contributed by atoms with Crippen LogP contribution in [0.5, 0.6) is 0 Å². The van der Waals surface area contributed by atoms with Gasteiger partial charge in [0.25, 0.3) is 0 Å². The topological polar surface area (TPSA) is 92.4 Å². The van der Waals surface area contributed by atoms with Crippen LogP contribution in [-0.4, -0.2) is 28.8 Å². The second-order valence-corrected chi connectivity index (χ2v) is 8.78. The molecule has 7 nitrogen and oxygen atoms in total. The molecule has 0 aliphatic heterocycles. The Kier molecular flexibility index (Phi) is 6.82. The number of amides is 3. The van der Waals surface area contributed by atoms with Crippen LogP contribution in [0.3, 0.4) is 0 Å². The van der Waals surface area contributed by atoms with Crippen molar-refractivity contribution in [3.8, 4) is 0 Å². The molecule has 1 aliphatic rings. The van der Waals surface area contributed by atoms with E-state index in [-0.39, 0.29) is 18.2 Å². The molecular formula is C22H27ClN4O3. The number of ether oxygens (including phenoxy) is 1. The zero-order valence-electron chi connectivity index (χ0n) is 17.4. The van der Waals surface area contributed by atoms with E-state index in [2.05, 4.69) is 20.9 Å². The van der Waals surface area contributed by atoms with E-state index in [1.165, 1.54) is 11.1 Å². The van der Waals surface area contributed by atoms with E-state index >= 15 is 0 Å². The van der Waals surface area contributed by atoms with Gasteiger partial charge in [-0.05, 0) is 75.4 Å². The summed E-state index contributed by atoms with van der Waals surface area (Å²) in [6, 6.07) is 9.09. The Balaban J connectivity index is 1.51.